The predicted octanol–water partition coefficient (Wildman–Crippen LogP) is 2.29. The lowest BCUT2D eigenvalue weighted by Crippen LogP contribution is -2.40. The first-order valence-corrected chi connectivity index (χ1v) is 7.81. The van der Waals surface area contributed by atoms with E-state index >= 15 is 0 Å². The maximum Gasteiger partial charge on any atom is 0.244 e. The van der Waals surface area contributed by atoms with Gasteiger partial charge < -0.3 is 9.63 Å². The third-order valence-electron chi connectivity index (χ3n) is 4.44. The van der Waals surface area contributed by atoms with E-state index in [0.29, 0.717) is 17.6 Å². The van der Waals surface area contributed by atoms with Crippen molar-refractivity contribution in [2.75, 3.05) is 13.1 Å². The lowest BCUT2D eigenvalue weighted by Gasteiger charge is -2.36. The van der Waals surface area contributed by atoms with E-state index in [2.05, 4.69) is 26.9 Å². The summed E-state index contributed by atoms with van der Waals surface area (Å²) in [5, 5.41) is 13.9. The van der Waals surface area contributed by atoms with E-state index in [0.717, 1.165) is 31.5 Å². The monoisotopic (exact) mass is 302 g/mol. The number of hydrogen-bond acceptors (Lipinski definition) is 6. The molecule has 3 atom stereocenters. The van der Waals surface area contributed by atoms with E-state index in [1.165, 1.54) is 0 Å². The highest BCUT2D eigenvalue weighted by molar-refractivity contribution is 5.51. The second-order valence-corrected chi connectivity index (χ2v) is 6.01. The Labute approximate surface area is 130 Å². The fraction of sp³-hybridized carbons (Fsp3) is 0.562. The standard InChI is InChI=1S/C16H22N4O2/c1-11(20-8-4-6-14(10-20)12(2)21)16-18-15(19-22-16)13-5-3-7-17-9-13/h3,5,7,9,11-12,14,21H,4,6,8,10H2,1-2H3. The fourth-order valence-electron chi connectivity index (χ4n) is 2.96. The van der Waals surface area contributed by atoms with Gasteiger partial charge in [-0.1, -0.05) is 5.16 Å². The van der Waals surface area contributed by atoms with E-state index < -0.39 is 0 Å². The van der Waals surface area contributed by atoms with Gasteiger partial charge in [-0.2, -0.15) is 4.98 Å². The zero-order valence-corrected chi connectivity index (χ0v) is 13.0. The molecule has 3 heterocycles. The average molecular weight is 302 g/mol. The second-order valence-electron chi connectivity index (χ2n) is 6.01. The van der Waals surface area contributed by atoms with Crippen molar-refractivity contribution in [3.8, 4) is 11.4 Å². The number of aromatic nitrogens is 3. The van der Waals surface area contributed by atoms with Crippen LogP contribution in [0.25, 0.3) is 11.4 Å². The molecule has 2 aromatic rings. The highest BCUT2D eigenvalue weighted by Crippen LogP contribution is 2.28. The molecule has 22 heavy (non-hydrogen) atoms. The van der Waals surface area contributed by atoms with Gasteiger partial charge in [-0.25, -0.2) is 0 Å². The summed E-state index contributed by atoms with van der Waals surface area (Å²) < 4.78 is 5.44. The summed E-state index contributed by atoms with van der Waals surface area (Å²) in [5.41, 5.74) is 0.852. The SMILES string of the molecule is CC(O)C1CCCN(C(C)c2nc(-c3cccnc3)no2)C1. The summed E-state index contributed by atoms with van der Waals surface area (Å²) in [5.74, 6) is 1.50. The van der Waals surface area contributed by atoms with Crippen LogP contribution in [0.3, 0.4) is 0 Å². The smallest absolute Gasteiger partial charge is 0.244 e. The van der Waals surface area contributed by atoms with Crippen LogP contribution in [0, 0.1) is 5.92 Å². The summed E-state index contributed by atoms with van der Waals surface area (Å²) >= 11 is 0. The molecule has 1 aliphatic rings. The molecule has 2 aromatic heterocycles. The molecule has 0 aromatic carbocycles. The quantitative estimate of drug-likeness (QED) is 0.934. The summed E-state index contributed by atoms with van der Waals surface area (Å²) in [6.45, 7) is 5.80. The molecule has 0 saturated carbocycles. The summed E-state index contributed by atoms with van der Waals surface area (Å²) in [6, 6.07) is 3.82. The molecule has 0 amide bonds. The van der Waals surface area contributed by atoms with Crippen molar-refractivity contribution in [2.24, 2.45) is 5.92 Å². The topological polar surface area (TPSA) is 75.3 Å². The van der Waals surface area contributed by atoms with Gasteiger partial charge in [0.15, 0.2) is 0 Å². The zero-order valence-electron chi connectivity index (χ0n) is 13.0. The van der Waals surface area contributed by atoms with Crippen molar-refractivity contribution in [2.45, 2.75) is 38.8 Å². The first kappa shape index (κ1) is 15.1. The number of piperidine rings is 1. The molecular formula is C16H22N4O2. The van der Waals surface area contributed by atoms with Crippen LogP contribution >= 0.6 is 0 Å². The third-order valence-corrected chi connectivity index (χ3v) is 4.44. The number of aliphatic hydroxyl groups is 1. The van der Waals surface area contributed by atoms with Crippen LogP contribution in [-0.4, -0.2) is 44.3 Å². The Hall–Kier alpha value is -1.79. The Balaban J connectivity index is 1.73. The fourth-order valence-corrected chi connectivity index (χ4v) is 2.96. The van der Waals surface area contributed by atoms with Crippen molar-refractivity contribution in [1.82, 2.24) is 20.0 Å². The van der Waals surface area contributed by atoms with Crippen LogP contribution in [0.4, 0.5) is 0 Å². The summed E-state index contributed by atoms with van der Waals surface area (Å²) in [7, 11) is 0. The molecule has 0 spiro atoms. The first-order valence-electron chi connectivity index (χ1n) is 7.81. The van der Waals surface area contributed by atoms with Gasteiger partial charge in [-0.05, 0) is 51.3 Å². The summed E-state index contributed by atoms with van der Waals surface area (Å²) in [6.07, 6.45) is 5.33. The normalized spacial score (nSPS) is 22.4. The minimum atomic E-state index is -0.274. The zero-order chi connectivity index (χ0) is 15.5. The van der Waals surface area contributed by atoms with Gasteiger partial charge in [0.2, 0.25) is 11.7 Å². The maximum atomic E-state index is 9.82. The molecule has 3 rings (SSSR count). The first-order chi connectivity index (χ1) is 10.6. The molecule has 6 nitrogen and oxygen atoms in total. The van der Waals surface area contributed by atoms with Gasteiger partial charge in [0.05, 0.1) is 12.1 Å². The van der Waals surface area contributed by atoms with Crippen LogP contribution in [-0.2, 0) is 0 Å². The van der Waals surface area contributed by atoms with Gasteiger partial charge in [-0.15, -0.1) is 0 Å². The number of pyridine rings is 1. The number of hydrogen-bond donors (Lipinski definition) is 1. The average Bonchev–Trinajstić information content (AvgIpc) is 3.05. The Morgan fingerprint density at radius 3 is 3.00 bits per heavy atom. The molecule has 0 aliphatic carbocycles. The minimum Gasteiger partial charge on any atom is -0.393 e. The van der Waals surface area contributed by atoms with E-state index in [-0.39, 0.29) is 12.1 Å². The molecule has 1 saturated heterocycles. The number of rotatable bonds is 4. The number of aliphatic hydroxyl groups excluding tert-OH is 1. The molecule has 0 bridgehead atoms. The van der Waals surface area contributed by atoms with Gasteiger partial charge in [-0.3, -0.25) is 9.88 Å². The highest BCUT2D eigenvalue weighted by Gasteiger charge is 2.29. The van der Waals surface area contributed by atoms with Crippen molar-refractivity contribution in [3.05, 3.63) is 30.4 Å². The molecule has 1 fully saturated rings. The van der Waals surface area contributed by atoms with E-state index in [1.54, 1.807) is 12.4 Å². The van der Waals surface area contributed by atoms with Gasteiger partial charge in [0, 0.05) is 24.5 Å². The Bertz CT molecular complexity index is 599. The van der Waals surface area contributed by atoms with Crippen molar-refractivity contribution in [3.63, 3.8) is 0 Å². The molecule has 118 valence electrons. The van der Waals surface area contributed by atoms with Gasteiger partial charge in [0.1, 0.15) is 0 Å². The van der Waals surface area contributed by atoms with Gasteiger partial charge in [0.25, 0.3) is 0 Å². The molecule has 6 heteroatoms. The Kier molecular flexibility index (Phi) is 4.49. The Morgan fingerprint density at radius 1 is 1.41 bits per heavy atom. The molecular weight excluding hydrogens is 280 g/mol. The lowest BCUT2D eigenvalue weighted by atomic mass is 9.92. The van der Waals surface area contributed by atoms with Crippen molar-refractivity contribution >= 4 is 0 Å². The third kappa shape index (κ3) is 3.18. The second kappa shape index (κ2) is 6.54. The van der Waals surface area contributed by atoms with E-state index in [1.807, 2.05) is 19.1 Å². The predicted molar refractivity (Wildman–Crippen MR) is 81.9 cm³/mol. The number of nitrogens with zero attached hydrogens (tertiary/aromatic N) is 4. The maximum absolute atomic E-state index is 9.82. The molecule has 1 aliphatic heterocycles. The van der Waals surface area contributed by atoms with Crippen LogP contribution in [0.1, 0.15) is 38.6 Å². The molecule has 0 radical (unpaired) electrons. The van der Waals surface area contributed by atoms with Crippen LogP contribution < -0.4 is 0 Å². The minimum absolute atomic E-state index is 0.0551. The Morgan fingerprint density at radius 2 is 2.27 bits per heavy atom. The summed E-state index contributed by atoms with van der Waals surface area (Å²) in [4.78, 5) is 10.9. The van der Waals surface area contributed by atoms with Crippen LogP contribution in [0.15, 0.2) is 29.0 Å². The largest absolute Gasteiger partial charge is 0.393 e. The number of likely N-dealkylation sites (tertiary alicyclic amines) is 1. The van der Waals surface area contributed by atoms with Gasteiger partial charge >= 0.3 is 0 Å². The lowest BCUT2D eigenvalue weighted by molar-refractivity contribution is 0.0403. The molecule has 3 unspecified atom stereocenters. The van der Waals surface area contributed by atoms with Crippen LogP contribution in [0.5, 0.6) is 0 Å². The van der Waals surface area contributed by atoms with Crippen molar-refractivity contribution in [1.29, 1.82) is 0 Å². The van der Waals surface area contributed by atoms with E-state index in [4.69, 9.17) is 4.52 Å². The van der Waals surface area contributed by atoms with Crippen molar-refractivity contribution < 1.29 is 9.63 Å². The van der Waals surface area contributed by atoms with E-state index in [9.17, 15) is 5.11 Å². The highest BCUT2D eigenvalue weighted by atomic mass is 16.5. The molecule has 1 N–H and O–H groups in total. The van der Waals surface area contributed by atoms with Crippen LogP contribution in [0.2, 0.25) is 0 Å².